The SMILES string of the molecule is CNCCC(c1ccc2[nH]cc(C#N)c2c1)C1C=CC=CC1. The van der Waals surface area contributed by atoms with Gasteiger partial charge in [0, 0.05) is 17.1 Å². The maximum absolute atomic E-state index is 9.24. The van der Waals surface area contributed by atoms with E-state index in [9.17, 15) is 5.26 Å². The average molecular weight is 291 g/mol. The summed E-state index contributed by atoms with van der Waals surface area (Å²) in [4.78, 5) is 3.17. The number of nitrogens with one attached hydrogen (secondary N) is 2. The predicted molar refractivity (Wildman–Crippen MR) is 90.7 cm³/mol. The maximum atomic E-state index is 9.24. The van der Waals surface area contributed by atoms with E-state index in [1.165, 1.54) is 5.56 Å². The summed E-state index contributed by atoms with van der Waals surface area (Å²) < 4.78 is 0. The van der Waals surface area contributed by atoms with Crippen molar-refractivity contribution in [2.75, 3.05) is 13.6 Å². The van der Waals surface area contributed by atoms with Crippen molar-refractivity contribution in [3.63, 3.8) is 0 Å². The summed E-state index contributed by atoms with van der Waals surface area (Å²) in [5, 5.41) is 13.5. The molecule has 2 unspecified atom stereocenters. The fourth-order valence-electron chi connectivity index (χ4n) is 3.29. The van der Waals surface area contributed by atoms with Gasteiger partial charge in [0.1, 0.15) is 6.07 Å². The van der Waals surface area contributed by atoms with Crippen molar-refractivity contribution in [2.45, 2.75) is 18.8 Å². The van der Waals surface area contributed by atoms with Crippen LogP contribution in [0.15, 0.2) is 48.7 Å². The van der Waals surface area contributed by atoms with E-state index in [4.69, 9.17) is 0 Å². The van der Waals surface area contributed by atoms with Gasteiger partial charge in [0.15, 0.2) is 0 Å². The Morgan fingerprint density at radius 1 is 1.41 bits per heavy atom. The molecule has 112 valence electrons. The van der Waals surface area contributed by atoms with Gasteiger partial charge in [-0.2, -0.15) is 5.26 Å². The van der Waals surface area contributed by atoms with E-state index in [0.29, 0.717) is 11.8 Å². The highest BCUT2D eigenvalue weighted by atomic mass is 14.8. The normalized spacial score (nSPS) is 18.5. The largest absolute Gasteiger partial charge is 0.360 e. The molecule has 2 N–H and O–H groups in total. The van der Waals surface area contributed by atoms with Crippen LogP contribution in [0.1, 0.15) is 29.9 Å². The van der Waals surface area contributed by atoms with Gasteiger partial charge in [-0.3, -0.25) is 0 Å². The molecule has 22 heavy (non-hydrogen) atoms. The zero-order chi connectivity index (χ0) is 15.4. The fraction of sp³-hybridized carbons (Fsp3) is 0.316. The Morgan fingerprint density at radius 3 is 3.05 bits per heavy atom. The van der Waals surface area contributed by atoms with Crippen LogP contribution in [0.25, 0.3) is 10.9 Å². The van der Waals surface area contributed by atoms with Crippen molar-refractivity contribution in [1.82, 2.24) is 10.3 Å². The molecule has 1 aliphatic carbocycles. The highest BCUT2D eigenvalue weighted by molar-refractivity contribution is 5.86. The van der Waals surface area contributed by atoms with Gasteiger partial charge in [0.2, 0.25) is 0 Å². The lowest BCUT2D eigenvalue weighted by Crippen LogP contribution is -2.18. The second-order valence-corrected chi connectivity index (χ2v) is 5.83. The zero-order valence-electron chi connectivity index (χ0n) is 12.8. The Hall–Kier alpha value is -2.31. The topological polar surface area (TPSA) is 51.6 Å². The number of aromatic nitrogens is 1. The van der Waals surface area contributed by atoms with Crippen LogP contribution < -0.4 is 5.32 Å². The molecule has 0 spiro atoms. The van der Waals surface area contributed by atoms with Gasteiger partial charge in [-0.15, -0.1) is 0 Å². The number of aromatic amines is 1. The first-order valence-electron chi connectivity index (χ1n) is 7.82. The second kappa shape index (κ2) is 6.64. The molecule has 0 aliphatic heterocycles. The molecule has 1 aliphatic rings. The minimum Gasteiger partial charge on any atom is -0.360 e. The van der Waals surface area contributed by atoms with Crippen LogP contribution >= 0.6 is 0 Å². The third-order valence-electron chi connectivity index (χ3n) is 4.49. The van der Waals surface area contributed by atoms with Crippen LogP contribution in [-0.4, -0.2) is 18.6 Å². The fourth-order valence-corrected chi connectivity index (χ4v) is 3.29. The number of allylic oxidation sites excluding steroid dienone is 4. The van der Waals surface area contributed by atoms with Gasteiger partial charge >= 0.3 is 0 Å². The van der Waals surface area contributed by atoms with E-state index < -0.39 is 0 Å². The van der Waals surface area contributed by atoms with E-state index in [-0.39, 0.29) is 0 Å². The standard InChI is InChI=1S/C19H21N3/c1-21-10-9-17(14-5-3-2-4-6-14)15-7-8-19-18(11-15)16(12-20)13-22-19/h2-5,7-8,11,13-14,17,21-22H,6,9-10H2,1H3. The van der Waals surface area contributed by atoms with Crippen LogP contribution in [0.4, 0.5) is 0 Å². The monoisotopic (exact) mass is 291 g/mol. The van der Waals surface area contributed by atoms with Crippen LogP contribution in [0.3, 0.4) is 0 Å². The van der Waals surface area contributed by atoms with Crippen molar-refractivity contribution in [3.8, 4) is 6.07 Å². The maximum Gasteiger partial charge on any atom is 0.101 e. The lowest BCUT2D eigenvalue weighted by Gasteiger charge is -2.26. The summed E-state index contributed by atoms with van der Waals surface area (Å²) in [7, 11) is 2.00. The van der Waals surface area contributed by atoms with Gasteiger partial charge in [-0.1, -0.05) is 30.4 Å². The lowest BCUT2D eigenvalue weighted by molar-refractivity contribution is 0.469. The summed E-state index contributed by atoms with van der Waals surface area (Å²) in [6.07, 6.45) is 12.8. The number of hydrogen-bond acceptors (Lipinski definition) is 2. The molecule has 2 atom stereocenters. The van der Waals surface area contributed by atoms with Gasteiger partial charge in [-0.25, -0.2) is 0 Å². The summed E-state index contributed by atoms with van der Waals surface area (Å²) in [6.45, 7) is 0.995. The number of H-pyrrole nitrogens is 1. The van der Waals surface area contributed by atoms with E-state index in [2.05, 4.69) is 58.9 Å². The van der Waals surface area contributed by atoms with E-state index in [1.54, 1.807) is 6.20 Å². The number of hydrogen-bond donors (Lipinski definition) is 2. The molecule has 0 fully saturated rings. The second-order valence-electron chi connectivity index (χ2n) is 5.83. The molecule has 2 aromatic rings. The Balaban J connectivity index is 1.97. The Bertz CT molecular complexity index is 746. The minimum atomic E-state index is 0.472. The Kier molecular flexibility index (Phi) is 4.41. The van der Waals surface area contributed by atoms with Crippen molar-refractivity contribution < 1.29 is 0 Å². The average Bonchev–Trinajstić information content (AvgIpc) is 2.98. The van der Waals surface area contributed by atoms with Crippen molar-refractivity contribution in [3.05, 3.63) is 59.8 Å². The summed E-state index contributed by atoms with van der Waals surface area (Å²) in [5.41, 5.74) is 3.08. The van der Waals surface area contributed by atoms with Gasteiger partial charge < -0.3 is 10.3 Å². The lowest BCUT2D eigenvalue weighted by atomic mass is 9.80. The highest BCUT2D eigenvalue weighted by Gasteiger charge is 2.21. The van der Waals surface area contributed by atoms with E-state index in [1.807, 2.05) is 7.05 Å². The summed E-state index contributed by atoms with van der Waals surface area (Å²) >= 11 is 0. The third kappa shape index (κ3) is 2.84. The van der Waals surface area contributed by atoms with Crippen molar-refractivity contribution >= 4 is 10.9 Å². The molecular weight excluding hydrogens is 270 g/mol. The smallest absolute Gasteiger partial charge is 0.101 e. The Labute approximate surface area is 131 Å². The van der Waals surface area contributed by atoms with E-state index >= 15 is 0 Å². The molecule has 0 amide bonds. The van der Waals surface area contributed by atoms with Crippen LogP contribution in [0, 0.1) is 17.2 Å². The van der Waals surface area contributed by atoms with Gasteiger partial charge in [0.05, 0.1) is 5.56 Å². The van der Waals surface area contributed by atoms with Crippen molar-refractivity contribution in [1.29, 1.82) is 5.26 Å². The number of rotatable bonds is 5. The Morgan fingerprint density at radius 2 is 2.32 bits per heavy atom. The third-order valence-corrected chi connectivity index (χ3v) is 4.49. The molecule has 1 aromatic carbocycles. The molecule has 1 aromatic heterocycles. The molecule has 3 heteroatoms. The first kappa shape index (κ1) is 14.6. The molecule has 0 radical (unpaired) electrons. The quantitative estimate of drug-likeness (QED) is 0.878. The number of fused-ring (bicyclic) bond motifs is 1. The van der Waals surface area contributed by atoms with Crippen molar-refractivity contribution in [2.24, 2.45) is 5.92 Å². The van der Waals surface area contributed by atoms with E-state index in [0.717, 1.165) is 35.9 Å². The van der Waals surface area contributed by atoms with Crippen LogP contribution in [0.5, 0.6) is 0 Å². The molecule has 0 saturated heterocycles. The van der Waals surface area contributed by atoms with Gasteiger partial charge in [0.25, 0.3) is 0 Å². The highest BCUT2D eigenvalue weighted by Crippen LogP contribution is 2.35. The molecular formula is C19H21N3. The molecule has 0 saturated carbocycles. The van der Waals surface area contributed by atoms with Crippen LogP contribution in [-0.2, 0) is 0 Å². The van der Waals surface area contributed by atoms with Gasteiger partial charge in [-0.05, 0) is 56.0 Å². The number of benzene rings is 1. The first-order valence-corrected chi connectivity index (χ1v) is 7.82. The zero-order valence-corrected chi connectivity index (χ0v) is 12.8. The first-order chi connectivity index (χ1) is 10.8. The minimum absolute atomic E-state index is 0.472. The van der Waals surface area contributed by atoms with Crippen LogP contribution in [0.2, 0.25) is 0 Å². The number of nitriles is 1. The predicted octanol–water partition coefficient (Wildman–Crippen LogP) is 3.86. The molecule has 3 rings (SSSR count). The summed E-state index contributed by atoms with van der Waals surface area (Å²) in [6, 6.07) is 8.76. The molecule has 3 nitrogen and oxygen atoms in total. The molecule has 1 heterocycles. The number of nitrogens with zero attached hydrogens (tertiary/aromatic N) is 1. The summed E-state index contributed by atoms with van der Waals surface area (Å²) in [5.74, 6) is 1.000. The molecule has 0 bridgehead atoms.